The first-order valence-electron chi connectivity index (χ1n) is 13.9. The van der Waals surface area contributed by atoms with Crippen LogP contribution in [0.1, 0.15) is 41.6 Å². The van der Waals surface area contributed by atoms with Crippen molar-refractivity contribution in [3.63, 3.8) is 0 Å². The predicted molar refractivity (Wildman–Crippen MR) is 162 cm³/mol. The zero-order chi connectivity index (χ0) is 29.6. The molecule has 1 unspecified atom stereocenters. The largest absolute Gasteiger partial charge is 0.507 e. The number of anilines is 1. The Balaban J connectivity index is 1.58. The van der Waals surface area contributed by atoms with E-state index in [9.17, 15) is 14.7 Å². The summed E-state index contributed by atoms with van der Waals surface area (Å²) in [6, 6.07) is 28.3. The fourth-order valence-electron chi connectivity index (χ4n) is 5.08. The number of amides is 1. The van der Waals surface area contributed by atoms with E-state index in [4.69, 9.17) is 14.2 Å². The molecule has 1 amide bonds. The minimum absolute atomic E-state index is 0.0262. The molecule has 7 heteroatoms. The summed E-state index contributed by atoms with van der Waals surface area (Å²) >= 11 is 0. The Morgan fingerprint density at radius 1 is 0.857 bits per heavy atom. The van der Waals surface area contributed by atoms with Crippen LogP contribution in [0.15, 0.2) is 103 Å². The molecular formula is C35H33NO6. The summed E-state index contributed by atoms with van der Waals surface area (Å²) in [5, 5.41) is 11.6. The standard InChI is InChI=1S/C35H33NO6/c1-4-19-41-27-14-10-13-26(21-27)36-32(28-15-8-9-16-30(28)40-3)31(34(38)35(36)39)33(37)25-17-18-29(23(2)20-25)42-22-24-11-6-5-7-12-24/h5-18,20-21,32,37H,4,19,22H2,1-3H3/b33-31+. The molecular weight excluding hydrogens is 530 g/mol. The SMILES string of the molecule is CCCOc1cccc(N2C(=O)C(=O)/C(=C(/O)c3ccc(OCc4ccccc4)c(C)c3)C2c2ccccc2OC)c1. The smallest absolute Gasteiger partial charge is 0.300 e. The highest BCUT2D eigenvalue weighted by atomic mass is 16.5. The van der Waals surface area contributed by atoms with Gasteiger partial charge in [0.2, 0.25) is 0 Å². The summed E-state index contributed by atoms with van der Waals surface area (Å²) in [6.45, 7) is 4.79. The number of carbonyl (C=O) groups excluding carboxylic acids is 2. The zero-order valence-electron chi connectivity index (χ0n) is 23.9. The summed E-state index contributed by atoms with van der Waals surface area (Å²) in [5.41, 5.74) is 3.23. The van der Waals surface area contributed by atoms with Crippen LogP contribution < -0.4 is 19.1 Å². The molecule has 0 spiro atoms. The minimum atomic E-state index is -0.933. The zero-order valence-corrected chi connectivity index (χ0v) is 23.9. The maximum absolute atomic E-state index is 13.6. The van der Waals surface area contributed by atoms with Gasteiger partial charge in [-0.3, -0.25) is 14.5 Å². The molecule has 1 atom stereocenters. The summed E-state index contributed by atoms with van der Waals surface area (Å²) in [6.07, 6.45) is 0.825. The topological polar surface area (TPSA) is 85.3 Å². The Bertz CT molecular complexity index is 1630. The first-order valence-corrected chi connectivity index (χ1v) is 13.9. The first-order chi connectivity index (χ1) is 20.4. The number of nitrogens with zero attached hydrogens (tertiary/aromatic N) is 1. The van der Waals surface area contributed by atoms with Gasteiger partial charge in [0.25, 0.3) is 11.7 Å². The summed E-state index contributed by atoms with van der Waals surface area (Å²) in [4.78, 5) is 28.7. The van der Waals surface area contributed by atoms with E-state index in [1.807, 2.05) is 56.3 Å². The van der Waals surface area contributed by atoms with E-state index in [2.05, 4.69) is 0 Å². The molecule has 1 N–H and O–H groups in total. The van der Waals surface area contributed by atoms with Gasteiger partial charge in [-0.05, 0) is 60.9 Å². The monoisotopic (exact) mass is 563 g/mol. The summed E-state index contributed by atoms with van der Waals surface area (Å²) < 4.78 is 17.4. The number of aliphatic hydroxyl groups is 1. The van der Waals surface area contributed by atoms with E-state index < -0.39 is 17.7 Å². The molecule has 1 aliphatic heterocycles. The third-order valence-corrected chi connectivity index (χ3v) is 7.13. The molecule has 7 nitrogen and oxygen atoms in total. The fourth-order valence-corrected chi connectivity index (χ4v) is 5.08. The van der Waals surface area contributed by atoms with Crippen LogP contribution in [-0.2, 0) is 16.2 Å². The van der Waals surface area contributed by atoms with Crippen molar-refractivity contribution < 1.29 is 28.9 Å². The molecule has 1 saturated heterocycles. The second-order valence-electron chi connectivity index (χ2n) is 10.0. The Morgan fingerprint density at radius 3 is 2.36 bits per heavy atom. The number of carbonyl (C=O) groups is 2. The number of Topliss-reactive ketones (excluding diaryl/α,β-unsaturated/α-hetero) is 1. The Hall–Kier alpha value is -5.04. The van der Waals surface area contributed by atoms with Crippen LogP contribution in [0.5, 0.6) is 17.2 Å². The molecule has 0 aliphatic carbocycles. The first kappa shape index (κ1) is 28.5. The van der Waals surface area contributed by atoms with Gasteiger partial charge < -0.3 is 19.3 Å². The second kappa shape index (κ2) is 12.6. The predicted octanol–water partition coefficient (Wildman–Crippen LogP) is 7.00. The van der Waals surface area contributed by atoms with Crippen molar-refractivity contribution in [2.24, 2.45) is 0 Å². The van der Waals surface area contributed by atoms with Crippen LogP contribution in [0.3, 0.4) is 0 Å². The van der Waals surface area contributed by atoms with Crippen molar-refractivity contribution in [3.8, 4) is 17.2 Å². The Kier molecular flexibility index (Phi) is 8.58. The van der Waals surface area contributed by atoms with Gasteiger partial charge in [0.05, 0.1) is 25.3 Å². The van der Waals surface area contributed by atoms with Crippen LogP contribution in [0.4, 0.5) is 5.69 Å². The number of ketones is 1. The van der Waals surface area contributed by atoms with Crippen molar-refractivity contribution >= 4 is 23.1 Å². The highest BCUT2D eigenvalue weighted by Crippen LogP contribution is 2.45. The highest BCUT2D eigenvalue weighted by Gasteiger charge is 2.48. The van der Waals surface area contributed by atoms with Gasteiger partial charge in [0, 0.05) is 22.9 Å². The molecule has 1 aliphatic rings. The van der Waals surface area contributed by atoms with Crippen LogP contribution in [0, 0.1) is 6.92 Å². The maximum Gasteiger partial charge on any atom is 0.300 e. The lowest BCUT2D eigenvalue weighted by Gasteiger charge is -2.27. The van der Waals surface area contributed by atoms with Gasteiger partial charge in [-0.1, -0.05) is 61.5 Å². The Labute approximate surface area is 245 Å². The van der Waals surface area contributed by atoms with E-state index in [0.29, 0.717) is 47.3 Å². The van der Waals surface area contributed by atoms with Gasteiger partial charge in [-0.25, -0.2) is 0 Å². The molecule has 4 aromatic carbocycles. The van der Waals surface area contributed by atoms with Gasteiger partial charge in [0.15, 0.2) is 0 Å². The van der Waals surface area contributed by atoms with Gasteiger partial charge in [-0.15, -0.1) is 0 Å². The number of hydrogen-bond acceptors (Lipinski definition) is 6. The number of para-hydroxylation sites is 1. The molecule has 4 aromatic rings. The normalized spacial score (nSPS) is 16.0. The molecule has 1 heterocycles. The van der Waals surface area contributed by atoms with E-state index in [1.54, 1.807) is 54.6 Å². The number of benzene rings is 4. The van der Waals surface area contributed by atoms with Crippen molar-refractivity contribution in [3.05, 3.63) is 125 Å². The van der Waals surface area contributed by atoms with Crippen LogP contribution in [0.25, 0.3) is 5.76 Å². The minimum Gasteiger partial charge on any atom is -0.507 e. The van der Waals surface area contributed by atoms with Crippen molar-refractivity contribution in [2.45, 2.75) is 32.9 Å². The van der Waals surface area contributed by atoms with Crippen molar-refractivity contribution in [1.82, 2.24) is 0 Å². The molecule has 5 rings (SSSR count). The lowest BCUT2D eigenvalue weighted by atomic mass is 9.94. The van der Waals surface area contributed by atoms with E-state index in [0.717, 1.165) is 17.5 Å². The van der Waals surface area contributed by atoms with E-state index in [-0.39, 0.29) is 11.3 Å². The molecule has 1 fully saturated rings. The van der Waals surface area contributed by atoms with Gasteiger partial charge in [0.1, 0.15) is 29.6 Å². The average Bonchev–Trinajstić information content (AvgIpc) is 3.29. The average molecular weight is 564 g/mol. The molecule has 0 radical (unpaired) electrons. The lowest BCUT2D eigenvalue weighted by molar-refractivity contribution is -0.132. The quantitative estimate of drug-likeness (QED) is 0.127. The summed E-state index contributed by atoms with van der Waals surface area (Å²) in [7, 11) is 1.53. The van der Waals surface area contributed by atoms with Crippen molar-refractivity contribution in [1.29, 1.82) is 0 Å². The number of ether oxygens (including phenoxy) is 3. The van der Waals surface area contributed by atoms with E-state index in [1.165, 1.54) is 12.0 Å². The van der Waals surface area contributed by atoms with Crippen LogP contribution in [-0.4, -0.2) is 30.5 Å². The fraction of sp³-hybridized carbons (Fsp3) is 0.200. The van der Waals surface area contributed by atoms with Gasteiger partial charge >= 0.3 is 0 Å². The molecule has 42 heavy (non-hydrogen) atoms. The maximum atomic E-state index is 13.6. The van der Waals surface area contributed by atoms with Crippen LogP contribution in [0.2, 0.25) is 0 Å². The third-order valence-electron chi connectivity index (χ3n) is 7.13. The number of rotatable bonds is 10. The van der Waals surface area contributed by atoms with Crippen LogP contribution >= 0.6 is 0 Å². The second-order valence-corrected chi connectivity index (χ2v) is 10.0. The Morgan fingerprint density at radius 2 is 1.62 bits per heavy atom. The molecule has 214 valence electrons. The number of aliphatic hydroxyl groups excluding tert-OH is 1. The number of aryl methyl sites for hydroxylation is 1. The van der Waals surface area contributed by atoms with E-state index >= 15 is 0 Å². The number of methoxy groups -OCH3 is 1. The third kappa shape index (κ3) is 5.72. The van der Waals surface area contributed by atoms with Crippen molar-refractivity contribution in [2.75, 3.05) is 18.6 Å². The molecule has 0 saturated carbocycles. The molecule has 0 bridgehead atoms. The number of hydrogen-bond donors (Lipinski definition) is 1. The lowest BCUT2D eigenvalue weighted by Crippen LogP contribution is -2.29. The molecule has 0 aromatic heterocycles. The van der Waals surface area contributed by atoms with Gasteiger partial charge in [-0.2, -0.15) is 0 Å². The highest BCUT2D eigenvalue weighted by molar-refractivity contribution is 6.51. The summed E-state index contributed by atoms with van der Waals surface area (Å²) in [5.74, 6) is -0.0925.